The fourth-order valence-corrected chi connectivity index (χ4v) is 5.79. The van der Waals surface area contributed by atoms with Gasteiger partial charge in [0.15, 0.2) is 5.11 Å². The summed E-state index contributed by atoms with van der Waals surface area (Å²) in [5.41, 5.74) is 2.46. The highest BCUT2D eigenvalue weighted by atomic mass is 79.9. The molecule has 0 spiro atoms. The van der Waals surface area contributed by atoms with Gasteiger partial charge in [0.25, 0.3) is 5.91 Å². The predicted molar refractivity (Wildman–Crippen MR) is 133 cm³/mol. The van der Waals surface area contributed by atoms with E-state index in [-0.39, 0.29) is 16.4 Å². The van der Waals surface area contributed by atoms with Crippen molar-refractivity contribution in [3.63, 3.8) is 0 Å². The van der Waals surface area contributed by atoms with Gasteiger partial charge in [0.1, 0.15) is 16.8 Å². The minimum atomic E-state index is -0.325. The van der Waals surface area contributed by atoms with Crippen molar-refractivity contribution in [3.8, 4) is 11.8 Å². The molecule has 8 heteroatoms. The van der Waals surface area contributed by atoms with Crippen molar-refractivity contribution < 1.29 is 9.53 Å². The van der Waals surface area contributed by atoms with E-state index in [4.69, 9.17) is 17.0 Å². The Kier molecular flexibility index (Phi) is 7.40. The zero-order valence-electron chi connectivity index (χ0n) is 18.1. The van der Waals surface area contributed by atoms with Crippen LogP contribution in [0.1, 0.15) is 60.5 Å². The molecule has 1 unspecified atom stereocenters. The molecule has 1 aliphatic carbocycles. The number of benzene rings is 1. The molecule has 1 atom stereocenters. The molecule has 0 radical (unpaired) electrons. The van der Waals surface area contributed by atoms with Crippen molar-refractivity contribution in [2.24, 2.45) is 11.3 Å². The normalized spacial score (nSPS) is 15.5. The summed E-state index contributed by atoms with van der Waals surface area (Å²) in [6, 6.07) is 7.45. The number of hydrogen-bond donors (Lipinski definition) is 2. The number of nitrogens with one attached hydrogen (secondary N) is 2. The molecule has 5 nitrogen and oxygen atoms in total. The number of amides is 1. The maximum atomic E-state index is 12.6. The average Bonchev–Trinajstić information content (AvgIpc) is 3.04. The lowest BCUT2D eigenvalue weighted by Crippen LogP contribution is -2.34. The minimum absolute atomic E-state index is 0.178. The first-order valence-corrected chi connectivity index (χ1v) is 12.2. The Morgan fingerprint density at radius 3 is 2.77 bits per heavy atom. The number of anilines is 1. The number of carbonyl (C=O) groups is 1. The van der Waals surface area contributed by atoms with E-state index in [1.54, 1.807) is 29.5 Å². The second-order valence-electron chi connectivity index (χ2n) is 8.61. The lowest BCUT2D eigenvalue weighted by atomic mass is 9.72. The number of thiophene rings is 1. The predicted octanol–water partition coefficient (Wildman–Crippen LogP) is 6.06. The highest BCUT2D eigenvalue weighted by molar-refractivity contribution is 9.10. The van der Waals surface area contributed by atoms with Crippen LogP contribution >= 0.6 is 39.5 Å². The summed E-state index contributed by atoms with van der Waals surface area (Å²) < 4.78 is 6.18. The zero-order valence-corrected chi connectivity index (χ0v) is 21.3. The van der Waals surface area contributed by atoms with Crippen molar-refractivity contribution in [1.82, 2.24) is 5.32 Å². The third kappa shape index (κ3) is 5.46. The first-order valence-electron chi connectivity index (χ1n) is 10.2. The molecule has 1 amide bonds. The van der Waals surface area contributed by atoms with Crippen LogP contribution in [-0.2, 0) is 12.8 Å². The topological polar surface area (TPSA) is 74.2 Å². The molecule has 0 saturated heterocycles. The fraction of sp³-hybridized carbons (Fsp3) is 0.435. The van der Waals surface area contributed by atoms with Crippen LogP contribution in [0.15, 0.2) is 22.7 Å². The summed E-state index contributed by atoms with van der Waals surface area (Å²) in [4.78, 5) is 13.9. The summed E-state index contributed by atoms with van der Waals surface area (Å²) >= 11 is 10.4. The number of fused-ring (bicyclic) bond motifs is 1. The molecular formula is C23H26BrN3O2S2. The molecule has 164 valence electrons. The number of ether oxygens (including phenoxy) is 1. The third-order valence-corrected chi connectivity index (χ3v) is 7.54. The van der Waals surface area contributed by atoms with Gasteiger partial charge in [-0.25, -0.2) is 0 Å². The largest absolute Gasteiger partial charge is 0.493 e. The number of nitriles is 1. The number of nitrogens with zero attached hydrogens (tertiary/aromatic N) is 1. The van der Waals surface area contributed by atoms with Gasteiger partial charge in [-0.15, -0.1) is 11.3 Å². The van der Waals surface area contributed by atoms with Crippen molar-refractivity contribution in [2.45, 2.75) is 47.0 Å². The summed E-state index contributed by atoms with van der Waals surface area (Å²) in [6.07, 6.45) is 2.95. The van der Waals surface area contributed by atoms with Gasteiger partial charge in [0.05, 0.1) is 16.6 Å². The Morgan fingerprint density at radius 2 is 2.16 bits per heavy atom. The minimum Gasteiger partial charge on any atom is -0.493 e. The van der Waals surface area contributed by atoms with Gasteiger partial charge in [-0.1, -0.05) is 20.8 Å². The Morgan fingerprint density at radius 1 is 1.42 bits per heavy atom. The van der Waals surface area contributed by atoms with Gasteiger partial charge in [-0.05, 0) is 89.4 Å². The van der Waals surface area contributed by atoms with Crippen molar-refractivity contribution in [2.75, 3.05) is 11.9 Å². The zero-order chi connectivity index (χ0) is 22.8. The molecule has 0 saturated carbocycles. The molecule has 2 aromatic rings. The van der Waals surface area contributed by atoms with Gasteiger partial charge < -0.3 is 10.1 Å². The molecule has 0 fully saturated rings. The first-order chi connectivity index (χ1) is 14.6. The van der Waals surface area contributed by atoms with E-state index in [1.165, 1.54) is 4.88 Å². The van der Waals surface area contributed by atoms with Crippen LogP contribution in [0.5, 0.6) is 5.75 Å². The summed E-state index contributed by atoms with van der Waals surface area (Å²) in [6.45, 7) is 9.25. The number of rotatable bonds is 4. The molecular weight excluding hydrogens is 494 g/mol. The molecule has 0 bridgehead atoms. The van der Waals surface area contributed by atoms with Gasteiger partial charge in [0, 0.05) is 10.4 Å². The lowest BCUT2D eigenvalue weighted by Gasteiger charge is -2.33. The van der Waals surface area contributed by atoms with Crippen molar-refractivity contribution in [1.29, 1.82) is 5.26 Å². The molecule has 1 aromatic carbocycles. The molecule has 1 heterocycles. The van der Waals surface area contributed by atoms with Gasteiger partial charge in [-0.3, -0.25) is 10.1 Å². The van der Waals surface area contributed by atoms with E-state index < -0.39 is 0 Å². The second-order valence-corrected chi connectivity index (χ2v) is 11.0. The van der Waals surface area contributed by atoms with Gasteiger partial charge in [-0.2, -0.15) is 5.26 Å². The van der Waals surface area contributed by atoms with Crippen molar-refractivity contribution >= 4 is 55.5 Å². The van der Waals surface area contributed by atoms with Crippen LogP contribution in [0.4, 0.5) is 5.00 Å². The molecule has 1 aromatic heterocycles. The molecule has 31 heavy (non-hydrogen) atoms. The van der Waals surface area contributed by atoms with Gasteiger partial charge >= 0.3 is 0 Å². The van der Waals surface area contributed by atoms with E-state index in [0.29, 0.717) is 38.9 Å². The Labute approximate surface area is 201 Å². The third-order valence-electron chi connectivity index (χ3n) is 5.55. The lowest BCUT2D eigenvalue weighted by molar-refractivity contribution is 0.0977. The monoisotopic (exact) mass is 519 g/mol. The maximum Gasteiger partial charge on any atom is 0.257 e. The average molecular weight is 521 g/mol. The molecule has 3 rings (SSSR count). The molecule has 0 aliphatic heterocycles. The highest BCUT2D eigenvalue weighted by Gasteiger charge is 2.32. The number of hydrogen-bond acceptors (Lipinski definition) is 5. The Bertz CT molecular complexity index is 1050. The molecule has 1 aliphatic rings. The second kappa shape index (κ2) is 9.68. The maximum absolute atomic E-state index is 12.6. The van der Waals surface area contributed by atoms with Crippen LogP contribution in [0.2, 0.25) is 0 Å². The summed E-state index contributed by atoms with van der Waals surface area (Å²) in [5.74, 6) is 0.938. The highest BCUT2D eigenvalue weighted by Crippen LogP contribution is 2.44. The van der Waals surface area contributed by atoms with Crippen LogP contribution in [0, 0.1) is 22.7 Å². The molecule has 2 N–H and O–H groups in total. The quantitative estimate of drug-likeness (QED) is 0.480. The van der Waals surface area contributed by atoms with Gasteiger partial charge in [0.2, 0.25) is 0 Å². The van der Waals surface area contributed by atoms with Crippen LogP contribution < -0.4 is 15.4 Å². The van der Waals surface area contributed by atoms with E-state index in [9.17, 15) is 10.1 Å². The Balaban J connectivity index is 1.71. The van der Waals surface area contributed by atoms with E-state index >= 15 is 0 Å². The number of carbonyl (C=O) groups excluding carboxylic acids is 1. The number of thiocarbonyl (C=S) groups is 1. The standard InChI is InChI=1S/C23H26BrN3O2S2/c1-5-29-18-9-6-13(10-17(18)24)20(28)26-22(30)27-21-16(12-25)15-8-7-14(23(2,3)4)11-19(15)31-21/h6,9-10,14H,5,7-8,11H2,1-4H3,(H2,26,27,28,30). The van der Waals surface area contributed by atoms with Crippen LogP contribution in [-0.4, -0.2) is 17.6 Å². The van der Waals surface area contributed by atoms with Crippen molar-refractivity contribution in [3.05, 3.63) is 44.2 Å². The summed E-state index contributed by atoms with van der Waals surface area (Å²) in [5, 5.41) is 16.4. The van der Waals surface area contributed by atoms with E-state index in [2.05, 4.69) is 53.4 Å². The van der Waals surface area contributed by atoms with Crippen LogP contribution in [0.25, 0.3) is 0 Å². The number of halogens is 1. The smallest absolute Gasteiger partial charge is 0.257 e. The SMILES string of the molecule is CCOc1ccc(C(=O)NC(=S)Nc2sc3c(c2C#N)CCC(C(C)(C)C)C3)cc1Br. The Hall–Kier alpha value is -1.95. The summed E-state index contributed by atoms with van der Waals surface area (Å²) in [7, 11) is 0. The fourth-order valence-electron chi connectivity index (χ4n) is 3.76. The first kappa shape index (κ1) is 23.7. The van der Waals surface area contributed by atoms with E-state index in [0.717, 1.165) is 24.8 Å². The van der Waals surface area contributed by atoms with Crippen LogP contribution in [0.3, 0.4) is 0 Å². The van der Waals surface area contributed by atoms with E-state index in [1.807, 2.05) is 6.92 Å².